The number of hydrogen-bond donors (Lipinski definition) is 3. The fourth-order valence-corrected chi connectivity index (χ4v) is 2.36. The van der Waals surface area contributed by atoms with Crippen molar-refractivity contribution in [3.63, 3.8) is 0 Å². The fourth-order valence-electron chi connectivity index (χ4n) is 2.00. The number of halogens is 1. The lowest BCUT2D eigenvalue weighted by atomic mass is 10.1. The topological polar surface area (TPSA) is 97.8 Å². The number of nitrogens with one attached hydrogen (secondary N) is 1. The van der Waals surface area contributed by atoms with Crippen LogP contribution in [-0.2, 0) is 0 Å². The Kier molecular flexibility index (Phi) is 2.27. The highest BCUT2D eigenvalue weighted by atomic mass is 79.9. The number of anilines is 1. The van der Waals surface area contributed by atoms with Crippen LogP contribution in [0.3, 0.4) is 0 Å². The maximum atomic E-state index is 11.3. The quantitative estimate of drug-likeness (QED) is 0.642. The molecule has 18 heavy (non-hydrogen) atoms. The molecule has 1 aromatic carbocycles. The summed E-state index contributed by atoms with van der Waals surface area (Å²) in [6.45, 7) is 0. The predicted molar refractivity (Wildman–Crippen MR) is 74.2 cm³/mol. The Morgan fingerprint density at radius 2 is 2.06 bits per heavy atom. The van der Waals surface area contributed by atoms with Crippen molar-refractivity contribution >= 4 is 49.6 Å². The van der Waals surface area contributed by atoms with Crippen LogP contribution in [0.4, 0.5) is 5.82 Å². The van der Waals surface area contributed by atoms with Crippen LogP contribution in [0.25, 0.3) is 21.9 Å². The standard InChI is InChI=1S/C12H9BrN4O/c13-5-1-2-9-6(3-5)7-4-8(11(15)18)10(14)17-12(7)16-9/h1-4H,(H2,15,18)(H3,14,16,17). The molecule has 6 heteroatoms. The van der Waals surface area contributed by atoms with Gasteiger partial charge in [-0.25, -0.2) is 4.98 Å². The van der Waals surface area contributed by atoms with Gasteiger partial charge in [0.2, 0.25) is 0 Å². The van der Waals surface area contributed by atoms with Gasteiger partial charge in [0.1, 0.15) is 11.5 Å². The number of hydrogen-bond acceptors (Lipinski definition) is 3. The Bertz CT molecular complexity index is 793. The van der Waals surface area contributed by atoms with E-state index < -0.39 is 5.91 Å². The Morgan fingerprint density at radius 1 is 1.28 bits per heavy atom. The van der Waals surface area contributed by atoms with Gasteiger partial charge in [0.05, 0.1) is 5.56 Å². The molecule has 0 saturated heterocycles. The third-order valence-corrected chi connectivity index (χ3v) is 3.34. The molecule has 90 valence electrons. The van der Waals surface area contributed by atoms with Crippen molar-refractivity contribution in [3.8, 4) is 0 Å². The smallest absolute Gasteiger partial charge is 0.252 e. The molecule has 0 spiro atoms. The Morgan fingerprint density at radius 3 is 2.78 bits per heavy atom. The van der Waals surface area contributed by atoms with Gasteiger partial charge < -0.3 is 16.5 Å². The highest BCUT2D eigenvalue weighted by molar-refractivity contribution is 9.10. The van der Waals surface area contributed by atoms with E-state index in [4.69, 9.17) is 11.5 Å². The Labute approximate surface area is 110 Å². The second-order valence-corrected chi connectivity index (χ2v) is 4.91. The SMILES string of the molecule is NC(=O)c1cc2c(nc1N)[nH]c1ccc(Br)cc12. The van der Waals surface area contributed by atoms with Crippen LogP contribution in [0.5, 0.6) is 0 Å². The number of carbonyl (C=O) groups excluding carboxylic acids is 1. The molecular formula is C12H9BrN4O. The summed E-state index contributed by atoms with van der Waals surface area (Å²) >= 11 is 3.41. The molecule has 0 fully saturated rings. The number of primary amides is 1. The first-order valence-electron chi connectivity index (χ1n) is 5.23. The summed E-state index contributed by atoms with van der Waals surface area (Å²) in [5, 5.41) is 1.80. The number of nitrogens with zero attached hydrogens (tertiary/aromatic N) is 1. The minimum atomic E-state index is -0.578. The van der Waals surface area contributed by atoms with Crippen molar-refractivity contribution in [3.05, 3.63) is 34.3 Å². The van der Waals surface area contributed by atoms with Gasteiger partial charge in [-0.1, -0.05) is 15.9 Å². The molecule has 1 amide bonds. The van der Waals surface area contributed by atoms with Gasteiger partial charge in [-0.3, -0.25) is 4.79 Å². The van der Waals surface area contributed by atoms with E-state index in [1.54, 1.807) is 6.07 Å². The molecule has 0 saturated carbocycles. The van der Waals surface area contributed by atoms with Crippen molar-refractivity contribution in [2.75, 3.05) is 5.73 Å². The van der Waals surface area contributed by atoms with Gasteiger partial charge in [-0.05, 0) is 24.3 Å². The number of H-pyrrole nitrogens is 1. The number of benzene rings is 1. The molecule has 0 aliphatic rings. The molecule has 0 radical (unpaired) electrons. The highest BCUT2D eigenvalue weighted by Crippen LogP contribution is 2.28. The summed E-state index contributed by atoms with van der Waals surface area (Å²) in [7, 11) is 0. The number of fused-ring (bicyclic) bond motifs is 3. The maximum Gasteiger partial charge on any atom is 0.252 e. The average Bonchev–Trinajstić information content (AvgIpc) is 2.64. The molecule has 2 aromatic heterocycles. The molecule has 5 nitrogen and oxygen atoms in total. The molecule has 3 rings (SSSR count). The zero-order chi connectivity index (χ0) is 12.9. The van der Waals surface area contributed by atoms with Gasteiger partial charge in [0.15, 0.2) is 0 Å². The van der Waals surface area contributed by atoms with E-state index in [0.29, 0.717) is 5.65 Å². The predicted octanol–water partition coefficient (Wildman–Crippen LogP) is 2.16. The number of amides is 1. The lowest BCUT2D eigenvalue weighted by Crippen LogP contribution is -2.14. The van der Waals surface area contributed by atoms with E-state index in [2.05, 4.69) is 25.9 Å². The van der Waals surface area contributed by atoms with E-state index in [1.165, 1.54) is 0 Å². The monoisotopic (exact) mass is 304 g/mol. The zero-order valence-corrected chi connectivity index (χ0v) is 10.8. The third kappa shape index (κ3) is 1.53. The first kappa shape index (κ1) is 11.0. The number of nitrogen functional groups attached to an aromatic ring is 1. The van der Waals surface area contributed by atoms with Gasteiger partial charge in [-0.15, -0.1) is 0 Å². The first-order valence-corrected chi connectivity index (χ1v) is 6.03. The second kappa shape index (κ2) is 3.71. The number of rotatable bonds is 1. The van der Waals surface area contributed by atoms with Gasteiger partial charge in [0.25, 0.3) is 5.91 Å². The number of carbonyl (C=O) groups is 1. The summed E-state index contributed by atoms with van der Waals surface area (Å²) < 4.78 is 0.952. The van der Waals surface area contributed by atoms with Crippen LogP contribution in [-0.4, -0.2) is 15.9 Å². The molecule has 3 aromatic rings. The van der Waals surface area contributed by atoms with Crippen molar-refractivity contribution in [1.29, 1.82) is 0 Å². The normalized spacial score (nSPS) is 11.2. The summed E-state index contributed by atoms with van der Waals surface area (Å²) in [5.41, 5.74) is 12.8. The summed E-state index contributed by atoms with van der Waals surface area (Å²) in [4.78, 5) is 18.6. The summed E-state index contributed by atoms with van der Waals surface area (Å²) in [6.07, 6.45) is 0. The average molecular weight is 305 g/mol. The summed E-state index contributed by atoms with van der Waals surface area (Å²) in [6, 6.07) is 7.49. The number of nitrogens with two attached hydrogens (primary N) is 2. The number of aromatic amines is 1. The molecule has 0 aliphatic carbocycles. The number of aromatic nitrogens is 2. The minimum absolute atomic E-state index is 0.139. The Hall–Kier alpha value is -2.08. The van der Waals surface area contributed by atoms with Crippen LogP contribution in [0.2, 0.25) is 0 Å². The molecule has 0 bridgehead atoms. The van der Waals surface area contributed by atoms with Crippen molar-refractivity contribution in [1.82, 2.24) is 9.97 Å². The molecule has 2 heterocycles. The van der Waals surface area contributed by atoms with E-state index in [9.17, 15) is 4.79 Å². The molecule has 0 aliphatic heterocycles. The van der Waals surface area contributed by atoms with Crippen LogP contribution < -0.4 is 11.5 Å². The van der Waals surface area contributed by atoms with Crippen LogP contribution in [0.1, 0.15) is 10.4 Å². The van der Waals surface area contributed by atoms with Crippen molar-refractivity contribution in [2.45, 2.75) is 0 Å². The first-order chi connectivity index (χ1) is 8.56. The summed E-state index contributed by atoms with van der Waals surface area (Å²) in [5.74, 6) is -0.438. The molecule has 5 N–H and O–H groups in total. The molecular weight excluding hydrogens is 296 g/mol. The maximum absolute atomic E-state index is 11.3. The van der Waals surface area contributed by atoms with Gasteiger partial charge in [0, 0.05) is 20.8 Å². The lowest BCUT2D eigenvalue weighted by Gasteiger charge is -2.00. The second-order valence-electron chi connectivity index (χ2n) is 4.00. The Balaban J connectivity index is 2.46. The minimum Gasteiger partial charge on any atom is -0.383 e. The largest absolute Gasteiger partial charge is 0.383 e. The highest BCUT2D eigenvalue weighted by Gasteiger charge is 2.12. The van der Waals surface area contributed by atoms with Crippen LogP contribution >= 0.6 is 15.9 Å². The van der Waals surface area contributed by atoms with Crippen LogP contribution in [0.15, 0.2) is 28.7 Å². The molecule has 0 unspecified atom stereocenters. The molecule has 0 atom stereocenters. The zero-order valence-electron chi connectivity index (χ0n) is 9.20. The van der Waals surface area contributed by atoms with Gasteiger partial charge >= 0.3 is 0 Å². The van der Waals surface area contributed by atoms with Crippen molar-refractivity contribution < 1.29 is 4.79 Å². The van der Waals surface area contributed by atoms with E-state index in [1.807, 2.05) is 18.2 Å². The van der Waals surface area contributed by atoms with Crippen LogP contribution in [0, 0.1) is 0 Å². The van der Waals surface area contributed by atoms with E-state index in [-0.39, 0.29) is 11.4 Å². The van der Waals surface area contributed by atoms with E-state index >= 15 is 0 Å². The van der Waals surface area contributed by atoms with E-state index in [0.717, 1.165) is 20.8 Å². The third-order valence-electron chi connectivity index (χ3n) is 2.84. The van der Waals surface area contributed by atoms with Crippen molar-refractivity contribution in [2.24, 2.45) is 5.73 Å². The fraction of sp³-hybridized carbons (Fsp3) is 0. The van der Waals surface area contributed by atoms with Gasteiger partial charge in [-0.2, -0.15) is 0 Å². The lowest BCUT2D eigenvalue weighted by molar-refractivity contribution is 0.100. The number of pyridine rings is 1.